The summed E-state index contributed by atoms with van der Waals surface area (Å²) in [5, 5.41) is 7.50. The number of anilines is 1. The number of rotatable bonds is 3. The summed E-state index contributed by atoms with van der Waals surface area (Å²) in [5.41, 5.74) is 1.14. The molecule has 0 aliphatic carbocycles. The van der Waals surface area contributed by atoms with E-state index in [2.05, 4.69) is 10.4 Å². The highest BCUT2D eigenvalue weighted by Gasteiger charge is 2.16. The van der Waals surface area contributed by atoms with Crippen molar-refractivity contribution in [1.82, 2.24) is 9.78 Å². The molecule has 0 radical (unpaired) electrons. The van der Waals surface area contributed by atoms with E-state index in [0.29, 0.717) is 21.4 Å². The van der Waals surface area contributed by atoms with Gasteiger partial charge < -0.3 is 5.32 Å². The van der Waals surface area contributed by atoms with Crippen LogP contribution in [0.5, 0.6) is 0 Å². The van der Waals surface area contributed by atoms with Crippen LogP contribution < -0.4 is 10.7 Å². The summed E-state index contributed by atoms with van der Waals surface area (Å²) in [7, 11) is 0. The van der Waals surface area contributed by atoms with Crippen LogP contribution in [0.2, 0.25) is 10.0 Å². The van der Waals surface area contributed by atoms with E-state index in [1.165, 1.54) is 12.1 Å². The van der Waals surface area contributed by atoms with Crippen LogP contribution in [0.1, 0.15) is 16.2 Å². The molecule has 0 bridgehead atoms. The Kier molecular flexibility index (Phi) is 4.88. The number of halogens is 2. The van der Waals surface area contributed by atoms with Crippen LogP contribution in [0.3, 0.4) is 0 Å². The number of nitrogens with one attached hydrogen (secondary N) is 1. The van der Waals surface area contributed by atoms with Crippen LogP contribution in [0.15, 0.2) is 59.4 Å². The van der Waals surface area contributed by atoms with Gasteiger partial charge in [0.05, 0.1) is 15.7 Å². The van der Waals surface area contributed by atoms with Crippen LogP contribution in [-0.2, 0) is 0 Å². The number of hydrogen-bond acceptors (Lipinski definition) is 3. The molecule has 0 unspecified atom stereocenters. The van der Waals surface area contributed by atoms with E-state index in [1.54, 1.807) is 23.7 Å². The van der Waals surface area contributed by atoms with Crippen molar-refractivity contribution >= 4 is 34.8 Å². The molecule has 2 aromatic carbocycles. The minimum Gasteiger partial charge on any atom is -0.320 e. The van der Waals surface area contributed by atoms with Gasteiger partial charge in [-0.3, -0.25) is 9.59 Å². The Bertz CT molecular complexity index is 1000. The molecule has 0 spiro atoms. The molecule has 25 heavy (non-hydrogen) atoms. The maximum absolute atomic E-state index is 12.5. The van der Waals surface area contributed by atoms with Gasteiger partial charge in [0.25, 0.3) is 5.91 Å². The van der Waals surface area contributed by atoms with Crippen molar-refractivity contribution in [3.05, 3.63) is 86.3 Å². The lowest BCUT2D eigenvalue weighted by Gasteiger charge is -2.11. The zero-order valence-corrected chi connectivity index (χ0v) is 14.7. The topological polar surface area (TPSA) is 64.0 Å². The van der Waals surface area contributed by atoms with E-state index < -0.39 is 11.3 Å². The normalized spacial score (nSPS) is 10.5. The molecule has 126 valence electrons. The minimum atomic E-state index is -0.618. The fourth-order valence-electron chi connectivity index (χ4n) is 2.30. The van der Waals surface area contributed by atoms with E-state index in [4.69, 9.17) is 23.2 Å². The lowest BCUT2D eigenvalue weighted by molar-refractivity contribution is 0.101. The number of carbonyl (C=O) groups excluding carboxylic acids is 1. The van der Waals surface area contributed by atoms with Gasteiger partial charge in [-0.15, -0.1) is 0 Å². The fraction of sp³-hybridized carbons (Fsp3) is 0.0556. The maximum Gasteiger partial charge on any atom is 0.280 e. The van der Waals surface area contributed by atoms with E-state index in [-0.39, 0.29) is 5.69 Å². The second-order valence-electron chi connectivity index (χ2n) is 5.33. The van der Waals surface area contributed by atoms with Crippen molar-refractivity contribution < 1.29 is 4.79 Å². The molecule has 1 N–H and O–H groups in total. The van der Waals surface area contributed by atoms with E-state index in [9.17, 15) is 9.59 Å². The molecule has 0 fully saturated rings. The average Bonchev–Trinajstić information content (AvgIpc) is 2.59. The standard InChI is InChI=1S/C18H13Cl2N3O2/c1-11-9-16(24)17(22-23(11)13-5-3-2-4-6-13)18(25)21-12-7-8-14(19)15(20)10-12/h2-10H,1H3,(H,21,25). The van der Waals surface area contributed by atoms with Crippen LogP contribution in [0.25, 0.3) is 5.69 Å². The summed E-state index contributed by atoms with van der Waals surface area (Å²) in [5.74, 6) is -0.618. The van der Waals surface area contributed by atoms with Crippen molar-refractivity contribution in [1.29, 1.82) is 0 Å². The van der Waals surface area contributed by atoms with Crippen LogP contribution in [0.4, 0.5) is 5.69 Å². The first kappa shape index (κ1) is 17.2. The SMILES string of the molecule is Cc1cc(=O)c(C(=O)Nc2ccc(Cl)c(Cl)c2)nn1-c1ccccc1. The van der Waals surface area contributed by atoms with E-state index in [1.807, 2.05) is 30.3 Å². The number of nitrogens with zero attached hydrogens (tertiary/aromatic N) is 2. The second-order valence-corrected chi connectivity index (χ2v) is 6.14. The molecule has 1 amide bonds. The third-order valence-corrected chi connectivity index (χ3v) is 4.24. The predicted octanol–water partition coefficient (Wildman–Crippen LogP) is 4.10. The van der Waals surface area contributed by atoms with Gasteiger partial charge in [0, 0.05) is 17.4 Å². The molecule has 1 heterocycles. The van der Waals surface area contributed by atoms with Crippen LogP contribution >= 0.6 is 23.2 Å². The smallest absolute Gasteiger partial charge is 0.280 e. The Hall–Kier alpha value is -2.63. The highest BCUT2D eigenvalue weighted by Crippen LogP contribution is 2.25. The summed E-state index contributed by atoms with van der Waals surface area (Å²) >= 11 is 11.8. The van der Waals surface area contributed by atoms with Gasteiger partial charge >= 0.3 is 0 Å². The molecule has 0 atom stereocenters. The summed E-state index contributed by atoms with van der Waals surface area (Å²) in [4.78, 5) is 24.7. The molecule has 1 aromatic heterocycles. The van der Waals surface area contributed by atoms with Crippen molar-refractivity contribution in [2.24, 2.45) is 0 Å². The number of amides is 1. The summed E-state index contributed by atoms with van der Waals surface area (Å²) < 4.78 is 1.55. The van der Waals surface area contributed by atoms with Crippen molar-refractivity contribution in [3.8, 4) is 5.69 Å². The van der Waals surface area contributed by atoms with Gasteiger partial charge in [-0.1, -0.05) is 41.4 Å². The van der Waals surface area contributed by atoms with Gasteiger partial charge in [-0.05, 0) is 37.3 Å². The third-order valence-electron chi connectivity index (χ3n) is 3.50. The van der Waals surface area contributed by atoms with Gasteiger partial charge in [0.1, 0.15) is 0 Å². The Morgan fingerprint density at radius 1 is 1.04 bits per heavy atom. The summed E-state index contributed by atoms with van der Waals surface area (Å²) in [6.07, 6.45) is 0. The zero-order valence-electron chi connectivity index (χ0n) is 13.2. The molecule has 3 rings (SSSR count). The average molecular weight is 374 g/mol. The number of aryl methyl sites for hydroxylation is 1. The Morgan fingerprint density at radius 2 is 1.76 bits per heavy atom. The molecule has 0 aliphatic heterocycles. The Labute approximate surface area is 153 Å². The zero-order chi connectivity index (χ0) is 18.0. The fourth-order valence-corrected chi connectivity index (χ4v) is 2.60. The Morgan fingerprint density at radius 3 is 2.44 bits per heavy atom. The minimum absolute atomic E-state index is 0.208. The van der Waals surface area contributed by atoms with Crippen LogP contribution in [-0.4, -0.2) is 15.7 Å². The van der Waals surface area contributed by atoms with Gasteiger partial charge in [-0.2, -0.15) is 5.10 Å². The molecule has 3 aromatic rings. The van der Waals surface area contributed by atoms with Gasteiger partial charge in [0.2, 0.25) is 5.43 Å². The van der Waals surface area contributed by atoms with E-state index >= 15 is 0 Å². The molecular weight excluding hydrogens is 361 g/mol. The highest BCUT2D eigenvalue weighted by molar-refractivity contribution is 6.42. The quantitative estimate of drug-likeness (QED) is 0.751. The third kappa shape index (κ3) is 3.73. The molecular formula is C18H13Cl2N3O2. The van der Waals surface area contributed by atoms with Crippen molar-refractivity contribution in [2.75, 3.05) is 5.32 Å². The number of aromatic nitrogens is 2. The Balaban J connectivity index is 1.97. The lowest BCUT2D eigenvalue weighted by Crippen LogP contribution is -2.26. The first-order chi connectivity index (χ1) is 12.0. The first-order valence-electron chi connectivity index (χ1n) is 7.38. The second kappa shape index (κ2) is 7.09. The monoisotopic (exact) mass is 373 g/mol. The van der Waals surface area contributed by atoms with Gasteiger partial charge in [-0.25, -0.2) is 4.68 Å². The number of carbonyl (C=O) groups is 1. The number of hydrogen-bond donors (Lipinski definition) is 1. The summed E-state index contributed by atoms with van der Waals surface area (Å²) in [6.45, 7) is 1.75. The van der Waals surface area contributed by atoms with Crippen LogP contribution in [0, 0.1) is 6.92 Å². The molecule has 0 aliphatic rings. The van der Waals surface area contributed by atoms with Crippen molar-refractivity contribution in [2.45, 2.75) is 6.92 Å². The molecule has 0 saturated carbocycles. The van der Waals surface area contributed by atoms with Crippen molar-refractivity contribution in [3.63, 3.8) is 0 Å². The predicted molar refractivity (Wildman–Crippen MR) is 99.0 cm³/mol. The highest BCUT2D eigenvalue weighted by atomic mass is 35.5. The lowest BCUT2D eigenvalue weighted by atomic mass is 10.2. The molecule has 0 saturated heterocycles. The maximum atomic E-state index is 12.5. The first-order valence-corrected chi connectivity index (χ1v) is 8.14. The number of benzene rings is 2. The molecule has 7 heteroatoms. The molecule has 5 nitrogen and oxygen atoms in total. The largest absolute Gasteiger partial charge is 0.320 e. The van der Waals surface area contributed by atoms with Gasteiger partial charge in [0.15, 0.2) is 5.69 Å². The summed E-state index contributed by atoms with van der Waals surface area (Å²) in [6, 6.07) is 15.3. The number of para-hydroxylation sites is 1. The van der Waals surface area contributed by atoms with E-state index in [0.717, 1.165) is 5.69 Å².